The van der Waals surface area contributed by atoms with Crippen LogP contribution in [0.2, 0.25) is 0 Å². The van der Waals surface area contributed by atoms with Gasteiger partial charge in [-0.25, -0.2) is 0 Å². The molecule has 0 saturated carbocycles. The summed E-state index contributed by atoms with van der Waals surface area (Å²) in [6.07, 6.45) is 2.19. The fraction of sp³-hybridized carbons (Fsp3) is 0.467. The Morgan fingerprint density at radius 1 is 1.40 bits per heavy atom. The Morgan fingerprint density at radius 3 is 2.90 bits per heavy atom. The van der Waals surface area contributed by atoms with E-state index in [1.54, 1.807) is 0 Å². The van der Waals surface area contributed by atoms with Crippen LogP contribution in [-0.2, 0) is 22.5 Å². The number of benzene rings is 1. The maximum absolute atomic E-state index is 11.0. The number of nitrogens with one attached hydrogen (secondary N) is 1. The van der Waals surface area contributed by atoms with Crippen molar-refractivity contribution in [2.75, 3.05) is 20.2 Å². The minimum atomic E-state index is -0.176. The zero-order chi connectivity index (χ0) is 14.4. The molecule has 0 bridgehead atoms. The van der Waals surface area contributed by atoms with E-state index < -0.39 is 0 Å². The summed E-state index contributed by atoms with van der Waals surface area (Å²) in [7, 11) is 1.41. The number of esters is 1. The molecule has 0 saturated heterocycles. The summed E-state index contributed by atoms with van der Waals surface area (Å²) in [4.78, 5) is 13.2. The molecule has 0 radical (unpaired) electrons. The molecule has 5 heteroatoms. The van der Waals surface area contributed by atoms with E-state index in [4.69, 9.17) is 12.2 Å². The third-order valence-electron chi connectivity index (χ3n) is 3.48. The molecule has 1 N–H and O–H groups in total. The van der Waals surface area contributed by atoms with E-state index in [1.807, 2.05) is 0 Å². The van der Waals surface area contributed by atoms with Gasteiger partial charge in [0.1, 0.15) is 0 Å². The van der Waals surface area contributed by atoms with Gasteiger partial charge in [-0.05, 0) is 36.2 Å². The molecule has 0 aromatic heterocycles. The second-order valence-electron chi connectivity index (χ2n) is 4.85. The van der Waals surface area contributed by atoms with Crippen molar-refractivity contribution in [3.05, 3.63) is 35.4 Å². The van der Waals surface area contributed by atoms with Crippen LogP contribution in [0.1, 0.15) is 24.0 Å². The van der Waals surface area contributed by atoms with Crippen LogP contribution in [0.5, 0.6) is 0 Å². The van der Waals surface area contributed by atoms with Crippen molar-refractivity contribution in [2.24, 2.45) is 0 Å². The molecule has 20 heavy (non-hydrogen) atoms. The SMILES string of the molecule is COC(=O)CCCNC(=S)N1CCc2ccccc2C1. The lowest BCUT2D eigenvalue weighted by Crippen LogP contribution is -2.42. The number of hydrogen-bond acceptors (Lipinski definition) is 3. The van der Waals surface area contributed by atoms with Gasteiger partial charge in [-0.1, -0.05) is 24.3 Å². The summed E-state index contributed by atoms with van der Waals surface area (Å²) in [5, 5.41) is 3.98. The van der Waals surface area contributed by atoms with E-state index in [0.29, 0.717) is 13.0 Å². The lowest BCUT2D eigenvalue weighted by molar-refractivity contribution is -0.140. The largest absolute Gasteiger partial charge is 0.469 e. The van der Waals surface area contributed by atoms with Crippen molar-refractivity contribution in [3.63, 3.8) is 0 Å². The predicted molar refractivity (Wildman–Crippen MR) is 82.4 cm³/mol. The molecule has 1 aliphatic rings. The Morgan fingerprint density at radius 2 is 2.15 bits per heavy atom. The number of fused-ring (bicyclic) bond motifs is 1. The normalized spacial score (nSPS) is 13.6. The maximum atomic E-state index is 11.0. The molecular weight excluding hydrogens is 272 g/mol. The van der Waals surface area contributed by atoms with Crippen LogP contribution in [0.15, 0.2) is 24.3 Å². The first-order valence-corrected chi connectivity index (χ1v) is 7.28. The summed E-state index contributed by atoms with van der Waals surface area (Å²) in [5.41, 5.74) is 2.76. The number of carbonyl (C=O) groups excluding carboxylic acids is 1. The summed E-state index contributed by atoms with van der Waals surface area (Å²) in [6, 6.07) is 8.48. The first-order chi connectivity index (χ1) is 9.70. The summed E-state index contributed by atoms with van der Waals surface area (Å²) in [6.45, 7) is 2.50. The van der Waals surface area contributed by atoms with Crippen LogP contribution in [0, 0.1) is 0 Å². The number of thiocarbonyl (C=S) groups is 1. The van der Waals surface area contributed by atoms with Gasteiger partial charge in [0.15, 0.2) is 5.11 Å². The lowest BCUT2D eigenvalue weighted by Gasteiger charge is -2.31. The Bertz CT molecular complexity index is 491. The van der Waals surface area contributed by atoms with E-state index in [-0.39, 0.29) is 5.97 Å². The van der Waals surface area contributed by atoms with Crippen molar-refractivity contribution in [3.8, 4) is 0 Å². The van der Waals surface area contributed by atoms with Gasteiger partial charge in [-0.3, -0.25) is 4.79 Å². The maximum Gasteiger partial charge on any atom is 0.305 e. The highest BCUT2D eigenvalue weighted by Gasteiger charge is 2.17. The fourth-order valence-electron chi connectivity index (χ4n) is 2.31. The first-order valence-electron chi connectivity index (χ1n) is 6.87. The van der Waals surface area contributed by atoms with E-state index in [9.17, 15) is 4.79 Å². The predicted octanol–water partition coefficient (Wildman–Crippen LogP) is 1.87. The van der Waals surface area contributed by atoms with Gasteiger partial charge in [0.25, 0.3) is 0 Å². The van der Waals surface area contributed by atoms with Gasteiger partial charge in [0, 0.05) is 26.1 Å². The second kappa shape index (κ2) is 7.24. The molecule has 1 heterocycles. The second-order valence-corrected chi connectivity index (χ2v) is 5.24. The minimum absolute atomic E-state index is 0.176. The van der Waals surface area contributed by atoms with Crippen molar-refractivity contribution in [1.29, 1.82) is 0 Å². The highest BCUT2D eigenvalue weighted by Crippen LogP contribution is 2.18. The molecule has 0 aliphatic carbocycles. The van der Waals surface area contributed by atoms with Crippen LogP contribution < -0.4 is 5.32 Å². The van der Waals surface area contributed by atoms with Crippen molar-refractivity contribution >= 4 is 23.3 Å². The topological polar surface area (TPSA) is 41.6 Å². The third-order valence-corrected chi connectivity index (χ3v) is 3.88. The van der Waals surface area contributed by atoms with Gasteiger partial charge >= 0.3 is 5.97 Å². The summed E-state index contributed by atoms with van der Waals surface area (Å²) < 4.78 is 4.60. The molecule has 4 nitrogen and oxygen atoms in total. The Labute approximate surface area is 125 Å². The molecule has 0 amide bonds. The van der Waals surface area contributed by atoms with Crippen LogP contribution >= 0.6 is 12.2 Å². The molecule has 0 spiro atoms. The first kappa shape index (κ1) is 14.8. The molecule has 0 unspecified atom stereocenters. The van der Waals surface area contributed by atoms with E-state index in [1.165, 1.54) is 18.2 Å². The summed E-state index contributed by atoms with van der Waals surface area (Å²) >= 11 is 5.41. The number of carbonyl (C=O) groups is 1. The third kappa shape index (κ3) is 3.93. The summed E-state index contributed by atoms with van der Waals surface area (Å²) in [5.74, 6) is -0.176. The zero-order valence-electron chi connectivity index (χ0n) is 11.7. The van der Waals surface area contributed by atoms with Crippen LogP contribution in [-0.4, -0.2) is 36.2 Å². The number of hydrogen-bond donors (Lipinski definition) is 1. The molecule has 2 rings (SSSR count). The monoisotopic (exact) mass is 292 g/mol. The minimum Gasteiger partial charge on any atom is -0.469 e. The molecular formula is C15H20N2O2S. The highest BCUT2D eigenvalue weighted by molar-refractivity contribution is 7.80. The molecule has 108 valence electrons. The molecule has 1 aromatic rings. The molecule has 1 aromatic carbocycles. The Hall–Kier alpha value is -1.62. The molecule has 1 aliphatic heterocycles. The van der Waals surface area contributed by atoms with Crippen molar-refractivity contribution < 1.29 is 9.53 Å². The number of ether oxygens (including phenoxy) is 1. The fourth-order valence-corrected chi connectivity index (χ4v) is 2.57. The highest BCUT2D eigenvalue weighted by atomic mass is 32.1. The molecule has 0 fully saturated rings. The number of rotatable bonds is 4. The van der Waals surface area contributed by atoms with Crippen LogP contribution in [0.3, 0.4) is 0 Å². The van der Waals surface area contributed by atoms with Gasteiger partial charge in [0.05, 0.1) is 7.11 Å². The number of nitrogens with zero attached hydrogens (tertiary/aromatic N) is 1. The van der Waals surface area contributed by atoms with E-state index >= 15 is 0 Å². The van der Waals surface area contributed by atoms with Crippen LogP contribution in [0.25, 0.3) is 0 Å². The van der Waals surface area contributed by atoms with Gasteiger partial charge < -0.3 is 15.0 Å². The molecule has 0 atom stereocenters. The Kier molecular flexibility index (Phi) is 5.35. The lowest BCUT2D eigenvalue weighted by atomic mass is 10.0. The smallest absolute Gasteiger partial charge is 0.305 e. The average Bonchev–Trinajstić information content (AvgIpc) is 2.50. The van der Waals surface area contributed by atoms with Gasteiger partial charge in [-0.15, -0.1) is 0 Å². The van der Waals surface area contributed by atoms with Gasteiger partial charge in [0.2, 0.25) is 0 Å². The Balaban J connectivity index is 1.76. The van der Waals surface area contributed by atoms with Crippen molar-refractivity contribution in [1.82, 2.24) is 10.2 Å². The van der Waals surface area contributed by atoms with Gasteiger partial charge in [-0.2, -0.15) is 0 Å². The standard InChI is InChI=1S/C15H20N2O2S/c1-19-14(18)7-4-9-16-15(20)17-10-8-12-5-2-3-6-13(12)11-17/h2-3,5-6H,4,7-11H2,1H3,(H,16,20). The zero-order valence-corrected chi connectivity index (χ0v) is 12.5. The number of methoxy groups -OCH3 is 1. The van der Waals surface area contributed by atoms with Crippen molar-refractivity contribution in [2.45, 2.75) is 25.8 Å². The van der Waals surface area contributed by atoms with E-state index in [0.717, 1.165) is 31.0 Å². The average molecular weight is 292 g/mol. The van der Waals surface area contributed by atoms with Crippen LogP contribution in [0.4, 0.5) is 0 Å². The van der Waals surface area contributed by atoms with E-state index in [2.05, 4.69) is 39.2 Å². The quantitative estimate of drug-likeness (QED) is 0.521.